The van der Waals surface area contributed by atoms with Gasteiger partial charge in [-0.15, -0.1) is 0 Å². The van der Waals surface area contributed by atoms with Crippen LogP contribution in [0.15, 0.2) is 39.8 Å². The molecule has 3 heterocycles. The normalized spacial score (nSPS) is 27.5. The summed E-state index contributed by atoms with van der Waals surface area (Å²) >= 11 is 0. The van der Waals surface area contributed by atoms with Gasteiger partial charge in [-0.3, -0.25) is 19.4 Å². The van der Waals surface area contributed by atoms with E-state index in [1.807, 2.05) is 0 Å². The monoisotopic (exact) mass is 529 g/mol. The lowest BCUT2D eigenvalue weighted by atomic mass is 9.62. The first kappa shape index (κ1) is 27.3. The van der Waals surface area contributed by atoms with E-state index >= 15 is 0 Å². The summed E-state index contributed by atoms with van der Waals surface area (Å²) < 4.78 is 28.4. The molecular weight excluding hydrogens is 498 g/mol. The van der Waals surface area contributed by atoms with E-state index in [4.69, 9.17) is 23.4 Å². The SMILES string of the molecule is CC(=O)OC[C@@](C)(OC(C)=O)C1C[C@@H]2[C@H](O)c3c(cc(-c4cccnc4)oc3=O)O[C@@]2(C)[C@H](OC(C)=O)C1. The molecule has 0 bridgehead atoms. The van der Waals surface area contributed by atoms with Crippen LogP contribution in [0.5, 0.6) is 5.75 Å². The van der Waals surface area contributed by atoms with Gasteiger partial charge in [0.2, 0.25) is 0 Å². The van der Waals surface area contributed by atoms with Gasteiger partial charge in [-0.2, -0.15) is 0 Å². The molecule has 11 nitrogen and oxygen atoms in total. The highest BCUT2D eigenvalue weighted by atomic mass is 16.6. The first-order valence-electron chi connectivity index (χ1n) is 12.3. The summed E-state index contributed by atoms with van der Waals surface area (Å²) in [5, 5.41) is 11.5. The molecule has 2 aromatic heterocycles. The zero-order valence-electron chi connectivity index (χ0n) is 21.9. The van der Waals surface area contributed by atoms with Gasteiger partial charge in [0.15, 0.2) is 0 Å². The molecule has 2 aliphatic rings. The molecule has 11 heteroatoms. The second kappa shape index (κ2) is 10.2. The van der Waals surface area contributed by atoms with Crippen LogP contribution in [0.1, 0.15) is 59.1 Å². The largest absolute Gasteiger partial charge is 0.482 e. The molecule has 0 aromatic carbocycles. The van der Waals surface area contributed by atoms with Crippen LogP contribution < -0.4 is 10.4 Å². The van der Waals surface area contributed by atoms with Crippen LogP contribution in [0.3, 0.4) is 0 Å². The van der Waals surface area contributed by atoms with Crippen LogP contribution in [0, 0.1) is 11.8 Å². The number of ether oxygens (including phenoxy) is 4. The van der Waals surface area contributed by atoms with Crippen LogP contribution in [0.2, 0.25) is 0 Å². The van der Waals surface area contributed by atoms with Crippen molar-refractivity contribution >= 4 is 17.9 Å². The molecule has 1 aliphatic carbocycles. The summed E-state index contributed by atoms with van der Waals surface area (Å²) in [6, 6.07) is 4.92. The van der Waals surface area contributed by atoms with Gasteiger partial charge in [0.25, 0.3) is 0 Å². The summed E-state index contributed by atoms with van der Waals surface area (Å²) in [6.45, 7) is 6.82. The number of aliphatic hydroxyl groups excluding tert-OH is 1. The number of hydrogen-bond donors (Lipinski definition) is 1. The summed E-state index contributed by atoms with van der Waals surface area (Å²) in [6.07, 6.45) is 1.24. The molecule has 0 radical (unpaired) electrons. The molecule has 0 spiro atoms. The van der Waals surface area contributed by atoms with Gasteiger partial charge in [-0.05, 0) is 38.8 Å². The highest BCUT2D eigenvalue weighted by Crippen LogP contribution is 2.54. The third-order valence-electron chi connectivity index (χ3n) is 7.43. The highest BCUT2D eigenvalue weighted by molar-refractivity contribution is 5.68. The quantitative estimate of drug-likeness (QED) is 0.434. The number of esters is 3. The average molecular weight is 530 g/mol. The topological polar surface area (TPSA) is 151 Å². The Morgan fingerprint density at radius 1 is 1.18 bits per heavy atom. The lowest BCUT2D eigenvalue weighted by molar-refractivity contribution is -0.215. The second-order valence-corrected chi connectivity index (χ2v) is 10.2. The van der Waals surface area contributed by atoms with E-state index < -0.39 is 58.8 Å². The lowest BCUT2D eigenvalue weighted by Gasteiger charge is -2.54. The van der Waals surface area contributed by atoms with Crippen molar-refractivity contribution in [3.63, 3.8) is 0 Å². The van der Waals surface area contributed by atoms with Crippen molar-refractivity contribution in [2.24, 2.45) is 11.8 Å². The highest BCUT2D eigenvalue weighted by Gasteiger charge is 2.60. The number of carbonyl (C=O) groups excluding carboxylic acids is 3. The van der Waals surface area contributed by atoms with Crippen LogP contribution in [-0.2, 0) is 28.6 Å². The Kier molecular flexibility index (Phi) is 7.33. The van der Waals surface area contributed by atoms with E-state index in [0.29, 0.717) is 5.56 Å². The van der Waals surface area contributed by atoms with Crippen molar-refractivity contribution in [2.45, 2.75) is 70.9 Å². The van der Waals surface area contributed by atoms with Crippen molar-refractivity contribution in [3.8, 4) is 17.1 Å². The average Bonchev–Trinajstić information content (AvgIpc) is 2.83. The summed E-state index contributed by atoms with van der Waals surface area (Å²) in [5.74, 6) is -2.70. The molecule has 1 N–H and O–H groups in total. The van der Waals surface area contributed by atoms with E-state index in [1.54, 1.807) is 32.2 Å². The van der Waals surface area contributed by atoms with E-state index in [9.17, 15) is 24.3 Å². The van der Waals surface area contributed by atoms with Gasteiger partial charge in [-0.25, -0.2) is 4.79 Å². The zero-order valence-corrected chi connectivity index (χ0v) is 21.9. The maximum absolute atomic E-state index is 13.1. The molecule has 0 saturated heterocycles. The molecule has 2 aromatic rings. The van der Waals surface area contributed by atoms with Gasteiger partial charge >= 0.3 is 23.5 Å². The Balaban J connectivity index is 1.78. The van der Waals surface area contributed by atoms with Crippen molar-refractivity contribution < 1.29 is 42.9 Å². The van der Waals surface area contributed by atoms with Crippen LogP contribution in [-0.4, -0.2) is 51.9 Å². The first-order valence-corrected chi connectivity index (χ1v) is 12.3. The molecule has 0 amide bonds. The Morgan fingerprint density at radius 3 is 2.53 bits per heavy atom. The van der Waals surface area contributed by atoms with Crippen molar-refractivity contribution in [1.82, 2.24) is 4.98 Å². The van der Waals surface area contributed by atoms with Crippen LogP contribution >= 0.6 is 0 Å². The molecule has 204 valence electrons. The maximum Gasteiger partial charge on any atom is 0.345 e. The standard InChI is InChI=1S/C27H31NO10/c1-14(29)34-13-26(4,37-16(3)31)18-9-19-24(32)23-21(38-27(19,5)22(10-18)35-15(2)30)11-20(36-25(23)33)17-7-6-8-28-12-17/h6-8,11-12,18-19,22,24,32H,9-10,13H2,1-5H3/t18?,19-,22-,24+,26-,27-/m1/s1. The number of rotatable bonds is 6. The minimum absolute atomic E-state index is 0.0588. The smallest absolute Gasteiger partial charge is 0.345 e. The molecule has 1 aliphatic heterocycles. The van der Waals surface area contributed by atoms with Gasteiger partial charge < -0.3 is 28.5 Å². The summed E-state index contributed by atoms with van der Waals surface area (Å²) in [4.78, 5) is 52.8. The number of hydrogen-bond acceptors (Lipinski definition) is 11. The van der Waals surface area contributed by atoms with Gasteiger partial charge in [0, 0.05) is 56.6 Å². The third-order valence-corrected chi connectivity index (χ3v) is 7.43. The van der Waals surface area contributed by atoms with Crippen LogP contribution in [0.25, 0.3) is 11.3 Å². The van der Waals surface area contributed by atoms with E-state index in [-0.39, 0.29) is 36.5 Å². The molecule has 1 saturated carbocycles. The first-order chi connectivity index (χ1) is 17.8. The molecule has 38 heavy (non-hydrogen) atoms. The number of nitrogens with zero attached hydrogens (tertiary/aromatic N) is 1. The van der Waals surface area contributed by atoms with Crippen LogP contribution in [0.4, 0.5) is 0 Å². The predicted molar refractivity (Wildman–Crippen MR) is 131 cm³/mol. The minimum Gasteiger partial charge on any atom is -0.482 e. The fourth-order valence-electron chi connectivity index (χ4n) is 5.54. The predicted octanol–water partition coefficient (Wildman–Crippen LogP) is 2.73. The lowest BCUT2D eigenvalue weighted by Crippen LogP contribution is -2.63. The van der Waals surface area contributed by atoms with E-state index in [1.165, 1.54) is 33.0 Å². The van der Waals surface area contributed by atoms with Gasteiger partial charge in [0.05, 0.1) is 6.10 Å². The summed E-state index contributed by atoms with van der Waals surface area (Å²) in [7, 11) is 0. The summed E-state index contributed by atoms with van der Waals surface area (Å²) in [5.41, 5.74) is -2.83. The Bertz CT molecular complexity index is 1290. The van der Waals surface area contributed by atoms with Crippen molar-refractivity contribution in [3.05, 3.63) is 46.6 Å². The van der Waals surface area contributed by atoms with Gasteiger partial charge in [-0.1, -0.05) is 0 Å². The molecular formula is C27H31NO10. The Labute approximate surface area is 219 Å². The minimum atomic E-state index is -1.35. The Morgan fingerprint density at radius 2 is 1.92 bits per heavy atom. The molecule has 6 atom stereocenters. The second-order valence-electron chi connectivity index (χ2n) is 10.2. The van der Waals surface area contributed by atoms with E-state index in [0.717, 1.165) is 0 Å². The van der Waals surface area contributed by atoms with Gasteiger partial charge in [0.1, 0.15) is 41.0 Å². The Hall–Kier alpha value is -3.73. The fraction of sp³-hybridized carbons (Fsp3) is 0.519. The number of aromatic nitrogens is 1. The maximum atomic E-state index is 13.1. The number of carbonyl (C=O) groups is 3. The molecule has 1 fully saturated rings. The fourth-order valence-corrected chi connectivity index (χ4v) is 5.54. The number of aliphatic hydroxyl groups is 1. The zero-order chi connectivity index (χ0) is 27.8. The molecule has 4 rings (SSSR count). The van der Waals surface area contributed by atoms with Crippen molar-refractivity contribution in [1.29, 1.82) is 0 Å². The van der Waals surface area contributed by atoms with E-state index in [2.05, 4.69) is 4.98 Å². The number of fused-ring (bicyclic) bond motifs is 2. The number of pyridine rings is 1. The molecule has 1 unspecified atom stereocenters. The third kappa shape index (κ3) is 5.15. The van der Waals surface area contributed by atoms with Crippen molar-refractivity contribution in [2.75, 3.05) is 6.61 Å².